The van der Waals surface area contributed by atoms with Crippen LogP contribution in [-0.4, -0.2) is 36.6 Å². The van der Waals surface area contributed by atoms with Crippen LogP contribution < -0.4 is 0 Å². The van der Waals surface area contributed by atoms with Crippen LogP contribution in [0.5, 0.6) is 0 Å². The molecule has 10 heteroatoms. The van der Waals surface area contributed by atoms with Crippen LogP contribution in [0.2, 0.25) is 0 Å². The van der Waals surface area contributed by atoms with E-state index >= 15 is 0 Å². The molecule has 0 saturated carbocycles. The molecule has 0 spiro atoms. The number of aromatic nitrogens is 1. The maximum atomic E-state index is 14.2. The summed E-state index contributed by atoms with van der Waals surface area (Å²) < 4.78 is 80.6. The number of hydrogen-bond donors (Lipinski definition) is 0. The van der Waals surface area contributed by atoms with E-state index in [1.165, 1.54) is 36.7 Å². The fourth-order valence-corrected chi connectivity index (χ4v) is 5.17. The Morgan fingerprint density at radius 2 is 1.62 bits per heavy atom. The number of sulfonamides is 1. The molecule has 0 amide bonds. The molecule has 0 bridgehead atoms. The van der Waals surface area contributed by atoms with E-state index in [1.807, 2.05) is 0 Å². The first-order valence-corrected chi connectivity index (χ1v) is 11.6. The second-order valence-corrected chi connectivity index (χ2v) is 9.65. The molecule has 0 N–H and O–H groups in total. The van der Waals surface area contributed by atoms with Gasteiger partial charge in [0.05, 0.1) is 16.4 Å². The van der Waals surface area contributed by atoms with Gasteiger partial charge in [0.1, 0.15) is 5.82 Å². The van der Waals surface area contributed by atoms with Crippen LogP contribution in [0, 0.1) is 5.82 Å². The maximum absolute atomic E-state index is 14.2. The van der Waals surface area contributed by atoms with Gasteiger partial charge in [0, 0.05) is 36.6 Å². The molecule has 1 unspecified atom stereocenters. The Morgan fingerprint density at radius 1 is 0.971 bits per heavy atom. The standard InChI is InChI=1S/C24H18F4N2O3S/c25-22-4-2-1-3-17(22)13-18-14-30(15-21(23(18)31)16-9-11-29-12-10-16)34(32,33)20-7-5-19(6-8-20)24(26,27)28/h1-13,21H,14-15H2. The number of rotatable bonds is 4. The van der Waals surface area contributed by atoms with Gasteiger partial charge in [0.2, 0.25) is 10.0 Å². The molecule has 176 valence electrons. The number of piperidine rings is 1. The van der Waals surface area contributed by atoms with E-state index in [2.05, 4.69) is 4.98 Å². The number of hydrogen-bond acceptors (Lipinski definition) is 4. The van der Waals surface area contributed by atoms with Crippen molar-refractivity contribution in [3.05, 3.63) is 101 Å². The summed E-state index contributed by atoms with van der Waals surface area (Å²) >= 11 is 0. The topological polar surface area (TPSA) is 67.3 Å². The number of ketones is 1. The monoisotopic (exact) mass is 490 g/mol. The van der Waals surface area contributed by atoms with Gasteiger partial charge in [-0.15, -0.1) is 0 Å². The third-order valence-corrected chi connectivity index (χ3v) is 7.35. The lowest BCUT2D eigenvalue weighted by Gasteiger charge is -2.33. The number of carbonyl (C=O) groups excluding carboxylic acids is 1. The van der Waals surface area contributed by atoms with Gasteiger partial charge < -0.3 is 0 Å². The third kappa shape index (κ3) is 4.78. The van der Waals surface area contributed by atoms with Gasteiger partial charge >= 0.3 is 6.18 Å². The Bertz CT molecular complexity index is 1340. The molecule has 1 aliphatic heterocycles. The van der Waals surface area contributed by atoms with Crippen LogP contribution in [-0.2, 0) is 21.0 Å². The zero-order valence-corrected chi connectivity index (χ0v) is 18.4. The Morgan fingerprint density at radius 3 is 2.24 bits per heavy atom. The minimum atomic E-state index is -4.61. The molecule has 1 saturated heterocycles. The average Bonchev–Trinajstić information content (AvgIpc) is 2.81. The lowest BCUT2D eigenvalue weighted by atomic mass is 9.87. The predicted molar refractivity (Wildman–Crippen MR) is 117 cm³/mol. The van der Waals surface area contributed by atoms with Crippen molar-refractivity contribution in [2.24, 2.45) is 0 Å². The molecule has 1 fully saturated rings. The van der Waals surface area contributed by atoms with Crippen LogP contribution in [0.25, 0.3) is 6.08 Å². The van der Waals surface area contributed by atoms with Crippen molar-refractivity contribution in [1.29, 1.82) is 0 Å². The predicted octanol–water partition coefficient (Wildman–Crippen LogP) is 4.68. The fourth-order valence-electron chi connectivity index (χ4n) is 3.74. The summed E-state index contributed by atoms with van der Waals surface area (Å²) in [5, 5.41) is 0. The molecular formula is C24H18F4N2O3S. The smallest absolute Gasteiger partial charge is 0.294 e. The molecule has 2 heterocycles. The summed E-state index contributed by atoms with van der Waals surface area (Å²) in [6, 6.07) is 12.1. The first-order valence-electron chi connectivity index (χ1n) is 10.1. The molecule has 2 aromatic carbocycles. The number of pyridine rings is 1. The zero-order chi connectivity index (χ0) is 24.5. The molecule has 0 radical (unpaired) electrons. The summed E-state index contributed by atoms with van der Waals surface area (Å²) in [5.74, 6) is -1.83. The van der Waals surface area contributed by atoms with Crippen molar-refractivity contribution in [3.8, 4) is 0 Å². The van der Waals surface area contributed by atoms with Crippen molar-refractivity contribution in [2.45, 2.75) is 17.0 Å². The van der Waals surface area contributed by atoms with Crippen LogP contribution in [0.4, 0.5) is 17.6 Å². The highest BCUT2D eigenvalue weighted by Gasteiger charge is 2.39. The van der Waals surface area contributed by atoms with Crippen LogP contribution >= 0.6 is 0 Å². The van der Waals surface area contributed by atoms with E-state index in [4.69, 9.17) is 0 Å². The highest BCUT2D eigenvalue weighted by molar-refractivity contribution is 7.89. The highest BCUT2D eigenvalue weighted by atomic mass is 32.2. The van der Waals surface area contributed by atoms with Gasteiger partial charge in [-0.1, -0.05) is 18.2 Å². The maximum Gasteiger partial charge on any atom is 0.416 e. The van der Waals surface area contributed by atoms with Crippen LogP contribution in [0.3, 0.4) is 0 Å². The van der Waals surface area contributed by atoms with E-state index in [-0.39, 0.29) is 34.9 Å². The van der Waals surface area contributed by atoms with E-state index in [0.717, 1.165) is 16.4 Å². The second-order valence-electron chi connectivity index (χ2n) is 7.71. The quantitative estimate of drug-likeness (QED) is 0.394. The lowest BCUT2D eigenvalue weighted by Crippen LogP contribution is -2.44. The molecule has 1 aromatic heterocycles. The van der Waals surface area contributed by atoms with Gasteiger partial charge in [-0.25, -0.2) is 12.8 Å². The molecule has 5 nitrogen and oxygen atoms in total. The molecule has 4 rings (SSSR count). The Balaban J connectivity index is 1.75. The molecule has 3 aromatic rings. The van der Waals surface area contributed by atoms with Gasteiger partial charge in [-0.3, -0.25) is 9.78 Å². The summed E-state index contributed by atoms with van der Waals surface area (Å²) in [5.41, 5.74) is -0.274. The minimum absolute atomic E-state index is 0.0636. The van der Waals surface area contributed by atoms with Crippen LogP contribution in [0.1, 0.15) is 22.6 Å². The van der Waals surface area contributed by atoms with Gasteiger partial charge in [0.15, 0.2) is 5.78 Å². The number of nitrogens with zero attached hydrogens (tertiary/aromatic N) is 2. The first kappa shape index (κ1) is 23.8. The van der Waals surface area contributed by atoms with E-state index in [1.54, 1.807) is 18.2 Å². The number of carbonyl (C=O) groups is 1. The van der Waals surface area contributed by atoms with E-state index in [9.17, 15) is 30.8 Å². The number of alkyl halides is 3. The zero-order valence-electron chi connectivity index (χ0n) is 17.5. The van der Waals surface area contributed by atoms with Crippen molar-refractivity contribution >= 4 is 21.9 Å². The summed E-state index contributed by atoms with van der Waals surface area (Å²) in [6.07, 6.45) is -0.374. The SMILES string of the molecule is O=C1C(=Cc2ccccc2F)CN(S(=O)(=O)c2ccc(C(F)(F)F)cc2)CC1c1ccncc1. The molecule has 1 atom stereocenters. The normalized spacial score (nSPS) is 18.9. The first-order chi connectivity index (χ1) is 16.1. The lowest BCUT2D eigenvalue weighted by molar-refractivity contribution is -0.137. The Labute approximate surface area is 193 Å². The Kier molecular flexibility index (Phi) is 6.37. The molecule has 0 aliphatic carbocycles. The Hall–Kier alpha value is -3.37. The largest absolute Gasteiger partial charge is 0.416 e. The van der Waals surface area contributed by atoms with E-state index < -0.39 is 33.5 Å². The number of halogens is 4. The molecule has 34 heavy (non-hydrogen) atoms. The van der Waals surface area contributed by atoms with Crippen molar-refractivity contribution in [3.63, 3.8) is 0 Å². The molecule has 1 aliphatic rings. The minimum Gasteiger partial charge on any atom is -0.294 e. The van der Waals surface area contributed by atoms with E-state index in [0.29, 0.717) is 17.7 Å². The fraction of sp³-hybridized carbons (Fsp3) is 0.167. The van der Waals surface area contributed by atoms with Crippen molar-refractivity contribution in [1.82, 2.24) is 9.29 Å². The third-order valence-electron chi connectivity index (χ3n) is 5.53. The van der Waals surface area contributed by atoms with Gasteiger partial charge in [-0.2, -0.15) is 17.5 Å². The average molecular weight is 490 g/mol. The van der Waals surface area contributed by atoms with Gasteiger partial charge in [-0.05, 0) is 54.1 Å². The summed E-state index contributed by atoms with van der Waals surface area (Å²) in [6.45, 7) is -0.571. The second kappa shape index (κ2) is 9.11. The highest BCUT2D eigenvalue weighted by Crippen LogP contribution is 2.33. The molecular weight excluding hydrogens is 472 g/mol. The summed E-state index contributed by atoms with van der Waals surface area (Å²) in [4.78, 5) is 16.8. The number of benzene rings is 2. The van der Waals surface area contributed by atoms with Crippen molar-refractivity contribution in [2.75, 3.05) is 13.1 Å². The summed E-state index contributed by atoms with van der Waals surface area (Å²) in [7, 11) is -4.26. The van der Waals surface area contributed by atoms with Crippen LogP contribution in [0.15, 0.2) is 83.5 Å². The number of Topliss-reactive ketones (excluding diaryl/α,β-unsaturated/α-hetero) is 1. The van der Waals surface area contributed by atoms with Crippen molar-refractivity contribution < 1.29 is 30.8 Å². The van der Waals surface area contributed by atoms with Gasteiger partial charge in [0.25, 0.3) is 0 Å².